The molecular formula is C22H23BrN6O2. The van der Waals surface area contributed by atoms with Crippen LogP contribution in [-0.4, -0.2) is 57.1 Å². The molecule has 0 atom stereocenters. The number of anilines is 1. The van der Waals surface area contributed by atoms with Gasteiger partial charge in [0.15, 0.2) is 0 Å². The number of hydrogen-bond acceptors (Lipinski definition) is 7. The molecule has 31 heavy (non-hydrogen) atoms. The zero-order valence-corrected chi connectivity index (χ0v) is 18.7. The predicted molar refractivity (Wildman–Crippen MR) is 119 cm³/mol. The van der Waals surface area contributed by atoms with Gasteiger partial charge in [0.05, 0.1) is 5.56 Å². The summed E-state index contributed by atoms with van der Waals surface area (Å²) in [7, 11) is 0. The first-order chi connectivity index (χ1) is 15.2. The summed E-state index contributed by atoms with van der Waals surface area (Å²) < 4.78 is 6.29. The van der Waals surface area contributed by atoms with E-state index < -0.39 is 0 Å². The van der Waals surface area contributed by atoms with Gasteiger partial charge in [-0.05, 0) is 47.0 Å². The third kappa shape index (κ3) is 4.32. The fraction of sp³-hybridized carbons (Fsp3) is 0.409. The average Bonchev–Trinajstić information content (AvgIpc) is 3.51. The Kier molecular flexibility index (Phi) is 5.67. The number of hydrogen-bond donors (Lipinski definition) is 0. The largest absolute Gasteiger partial charge is 0.353 e. The number of rotatable bonds is 4. The van der Waals surface area contributed by atoms with Gasteiger partial charge in [0.1, 0.15) is 5.82 Å². The van der Waals surface area contributed by atoms with E-state index in [1.807, 2.05) is 17.0 Å². The molecule has 5 rings (SSSR count). The summed E-state index contributed by atoms with van der Waals surface area (Å²) in [5.41, 5.74) is 1.45. The summed E-state index contributed by atoms with van der Waals surface area (Å²) in [6.07, 6.45) is 9.80. The van der Waals surface area contributed by atoms with E-state index in [9.17, 15) is 4.79 Å². The van der Waals surface area contributed by atoms with E-state index in [0.29, 0.717) is 30.4 Å². The molecule has 1 aliphatic heterocycles. The van der Waals surface area contributed by atoms with Crippen LogP contribution in [0.4, 0.5) is 5.82 Å². The predicted octanol–water partition coefficient (Wildman–Crippen LogP) is 3.91. The van der Waals surface area contributed by atoms with Gasteiger partial charge in [-0.3, -0.25) is 9.78 Å². The number of nitrogens with zero attached hydrogens (tertiary/aromatic N) is 6. The molecule has 3 aromatic heterocycles. The molecule has 1 aliphatic carbocycles. The van der Waals surface area contributed by atoms with Crippen LogP contribution in [0.15, 0.2) is 45.8 Å². The lowest BCUT2D eigenvalue weighted by Crippen LogP contribution is -2.49. The van der Waals surface area contributed by atoms with Gasteiger partial charge in [0.25, 0.3) is 5.91 Å². The zero-order valence-electron chi connectivity index (χ0n) is 17.1. The smallest absolute Gasteiger partial charge is 0.255 e. The Morgan fingerprint density at radius 1 is 1.06 bits per heavy atom. The zero-order chi connectivity index (χ0) is 21.2. The normalized spacial score (nSPS) is 17.3. The summed E-state index contributed by atoms with van der Waals surface area (Å²) in [5, 5.41) is 4.15. The number of carbonyl (C=O) groups is 1. The number of carbonyl (C=O) groups excluding carboxylic acids is 1. The van der Waals surface area contributed by atoms with Gasteiger partial charge in [-0.25, -0.2) is 4.98 Å². The maximum absolute atomic E-state index is 12.7. The highest BCUT2D eigenvalue weighted by Gasteiger charge is 2.25. The topological polar surface area (TPSA) is 88.3 Å². The van der Waals surface area contributed by atoms with Gasteiger partial charge >= 0.3 is 0 Å². The highest BCUT2D eigenvalue weighted by atomic mass is 79.9. The first-order valence-corrected chi connectivity index (χ1v) is 11.4. The molecule has 0 N–H and O–H groups in total. The third-order valence-electron chi connectivity index (χ3n) is 5.99. The molecular weight excluding hydrogens is 460 g/mol. The summed E-state index contributed by atoms with van der Waals surface area (Å²) in [6, 6.07) is 5.77. The Morgan fingerprint density at radius 3 is 2.58 bits per heavy atom. The number of amides is 1. The lowest BCUT2D eigenvalue weighted by atomic mass is 10.1. The number of piperazine rings is 1. The minimum atomic E-state index is 0.00642. The molecule has 1 saturated carbocycles. The van der Waals surface area contributed by atoms with E-state index in [1.54, 1.807) is 24.7 Å². The van der Waals surface area contributed by atoms with Crippen LogP contribution < -0.4 is 4.90 Å². The molecule has 160 valence electrons. The first-order valence-electron chi connectivity index (χ1n) is 10.6. The van der Waals surface area contributed by atoms with Crippen LogP contribution in [0.25, 0.3) is 11.4 Å². The summed E-state index contributed by atoms with van der Waals surface area (Å²) in [4.78, 5) is 30.0. The van der Waals surface area contributed by atoms with Crippen molar-refractivity contribution in [2.45, 2.75) is 31.6 Å². The van der Waals surface area contributed by atoms with Crippen molar-refractivity contribution >= 4 is 27.7 Å². The van der Waals surface area contributed by atoms with Crippen LogP contribution in [0.3, 0.4) is 0 Å². The number of halogens is 1. The van der Waals surface area contributed by atoms with Crippen LogP contribution >= 0.6 is 15.9 Å². The number of aromatic nitrogens is 4. The third-order valence-corrected chi connectivity index (χ3v) is 6.43. The van der Waals surface area contributed by atoms with Crippen molar-refractivity contribution in [3.63, 3.8) is 0 Å². The summed E-state index contributed by atoms with van der Waals surface area (Å²) >= 11 is 3.37. The van der Waals surface area contributed by atoms with Crippen molar-refractivity contribution in [3.8, 4) is 11.4 Å². The van der Waals surface area contributed by atoms with E-state index in [1.165, 1.54) is 12.8 Å². The lowest BCUT2D eigenvalue weighted by Gasteiger charge is -2.35. The quantitative estimate of drug-likeness (QED) is 0.556. The van der Waals surface area contributed by atoms with Crippen LogP contribution in [0.2, 0.25) is 0 Å². The van der Waals surface area contributed by atoms with E-state index in [-0.39, 0.29) is 5.91 Å². The van der Waals surface area contributed by atoms with Gasteiger partial charge in [0, 0.05) is 60.7 Å². The fourth-order valence-corrected chi connectivity index (χ4v) is 4.61. The second-order valence-corrected chi connectivity index (χ2v) is 8.93. The second kappa shape index (κ2) is 8.74. The van der Waals surface area contributed by atoms with Crippen molar-refractivity contribution in [1.82, 2.24) is 25.0 Å². The van der Waals surface area contributed by atoms with Crippen molar-refractivity contribution in [2.24, 2.45) is 0 Å². The Labute approximate surface area is 188 Å². The molecule has 0 spiro atoms. The van der Waals surface area contributed by atoms with Gasteiger partial charge < -0.3 is 14.3 Å². The van der Waals surface area contributed by atoms with Crippen LogP contribution in [-0.2, 0) is 0 Å². The van der Waals surface area contributed by atoms with Gasteiger partial charge in [0.2, 0.25) is 11.7 Å². The van der Waals surface area contributed by atoms with Crippen molar-refractivity contribution in [1.29, 1.82) is 0 Å². The number of pyridine rings is 2. The van der Waals surface area contributed by atoms with Crippen LogP contribution in [0, 0.1) is 0 Å². The highest BCUT2D eigenvalue weighted by Crippen LogP contribution is 2.34. The fourth-order valence-electron chi connectivity index (χ4n) is 4.25. The highest BCUT2D eigenvalue weighted by molar-refractivity contribution is 9.10. The summed E-state index contributed by atoms with van der Waals surface area (Å²) in [5.74, 6) is 2.64. The first kappa shape index (κ1) is 20.1. The lowest BCUT2D eigenvalue weighted by molar-refractivity contribution is 0.0746. The van der Waals surface area contributed by atoms with Crippen molar-refractivity contribution < 1.29 is 9.32 Å². The second-order valence-electron chi connectivity index (χ2n) is 8.01. The molecule has 1 amide bonds. The van der Waals surface area contributed by atoms with Gasteiger partial charge in [-0.2, -0.15) is 4.98 Å². The minimum Gasteiger partial charge on any atom is -0.353 e. The van der Waals surface area contributed by atoms with Crippen molar-refractivity contribution in [3.05, 3.63) is 52.7 Å². The molecule has 1 saturated heterocycles. The Bertz CT molecular complexity index is 1060. The molecule has 2 aliphatic rings. The molecule has 0 aromatic carbocycles. The Balaban J connectivity index is 1.21. The molecule has 8 nitrogen and oxygen atoms in total. The molecule has 0 unspecified atom stereocenters. The summed E-state index contributed by atoms with van der Waals surface area (Å²) in [6.45, 7) is 2.75. The maximum atomic E-state index is 12.7. The van der Waals surface area contributed by atoms with E-state index in [0.717, 1.165) is 47.7 Å². The van der Waals surface area contributed by atoms with E-state index in [2.05, 4.69) is 40.9 Å². The monoisotopic (exact) mass is 482 g/mol. The standard InChI is InChI=1S/C22H23BrN6O2/c23-18-11-17(12-24-14-18)22(30)29-9-7-28(8-10-29)19-6-5-16(13-25-19)20-26-21(31-27-20)15-3-1-2-4-15/h5-6,11-15H,1-4,7-10H2. The molecule has 9 heteroatoms. The molecule has 2 fully saturated rings. The molecule has 3 aromatic rings. The minimum absolute atomic E-state index is 0.00642. The van der Waals surface area contributed by atoms with Crippen LogP contribution in [0.5, 0.6) is 0 Å². The molecule has 4 heterocycles. The van der Waals surface area contributed by atoms with E-state index in [4.69, 9.17) is 4.52 Å². The Morgan fingerprint density at radius 2 is 1.87 bits per heavy atom. The SMILES string of the molecule is O=C(c1cncc(Br)c1)N1CCN(c2ccc(-c3noc(C4CCCC4)n3)cn2)CC1. The Hall–Kier alpha value is -2.81. The molecule has 0 bridgehead atoms. The van der Waals surface area contributed by atoms with Gasteiger partial charge in [-0.1, -0.05) is 18.0 Å². The van der Waals surface area contributed by atoms with Gasteiger partial charge in [-0.15, -0.1) is 0 Å². The maximum Gasteiger partial charge on any atom is 0.255 e. The van der Waals surface area contributed by atoms with Crippen molar-refractivity contribution in [2.75, 3.05) is 31.1 Å². The molecule has 0 radical (unpaired) electrons. The average molecular weight is 483 g/mol. The van der Waals surface area contributed by atoms with E-state index >= 15 is 0 Å². The van der Waals surface area contributed by atoms with Crippen LogP contribution in [0.1, 0.15) is 47.8 Å².